The molecule has 5 N–H and O–H groups in total. The van der Waals surface area contributed by atoms with Crippen molar-refractivity contribution in [1.29, 1.82) is 0 Å². The van der Waals surface area contributed by atoms with Crippen LogP contribution >= 0.6 is 11.3 Å². The van der Waals surface area contributed by atoms with Crippen molar-refractivity contribution >= 4 is 22.9 Å². The second-order valence-corrected chi connectivity index (χ2v) is 4.89. The predicted octanol–water partition coefficient (Wildman–Crippen LogP) is 0.960. The maximum absolute atomic E-state index is 12.0. The first kappa shape index (κ1) is 13.3. The Balaban J connectivity index is 2.09. The van der Waals surface area contributed by atoms with Gasteiger partial charge >= 0.3 is 4.87 Å². The monoisotopic (exact) mass is 278 g/mol. The number of thiazole rings is 1. The highest BCUT2D eigenvalue weighted by Gasteiger charge is 2.11. The number of carbonyl (C=O) groups excluding carboxylic acids is 1. The quantitative estimate of drug-likeness (QED) is 0.494. The smallest absolute Gasteiger partial charge is 0.304 e. The molecule has 0 radical (unpaired) electrons. The Morgan fingerprint density at radius 2 is 2.26 bits per heavy atom. The van der Waals surface area contributed by atoms with E-state index in [9.17, 15) is 9.59 Å². The van der Waals surface area contributed by atoms with Gasteiger partial charge in [0.25, 0.3) is 5.91 Å². The molecule has 0 unspecified atom stereocenters. The lowest BCUT2D eigenvalue weighted by Gasteiger charge is -2.10. The van der Waals surface area contributed by atoms with Gasteiger partial charge in [-0.05, 0) is 24.6 Å². The third-order valence-corrected chi connectivity index (χ3v) is 3.30. The van der Waals surface area contributed by atoms with Crippen LogP contribution in [-0.4, -0.2) is 10.9 Å². The van der Waals surface area contributed by atoms with E-state index in [1.807, 2.05) is 13.0 Å². The van der Waals surface area contributed by atoms with Gasteiger partial charge in [0.1, 0.15) is 0 Å². The van der Waals surface area contributed by atoms with Crippen molar-refractivity contribution in [3.63, 3.8) is 0 Å². The fraction of sp³-hybridized carbons (Fsp3) is 0.167. The number of anilines is 1. The summed E-state index contributed by atoms with van der Waals surface area (Å²) in [6.45, 7) is 2.19. The molecule has 0 aliphatic heterocycles. The van der Waals surface area contributed by atoms with Crippen molar-refractivity contribution in [3.05, 3.63) is 50.1 Å². The number of amides is 1. The number of aryl methyl sites for hydroxylation is 1. The number of hydrogen-bond donors (Lipinski definition) is 4. The minimum atomic E-state index is -0.250. The van der Waals surface area contributed by atoms with Crippen LogP contribution in [0.3, 0.4) is 0 Å². The number of aromatic amines is 1. The van der Waals surface area contributed by atoms with Crippen LogP contribution < -0.4 is 21.5 Å². The lowest BCUT2D eigenvalue weighted by atomic mass is 10.1. The number of rotatable bonds is 4. The molecule has 0 aliphatic carbocycles. The molecule has 0 spiro atoms. The highest BCUT2D eigenvalue weighted by atomic mass is 32.1. The molecule has 0 aliphatic rings. The molecule has 100 valence electrons. The fourth-order valence-corrected chi connectivity index (χ4v) is 2.23. The highest BCUT2D eigenvalue weighted by molar-refractivity contribution is 7.07. The summed E-state index contributed by atoms with van der Waals surface area (Å²) in [6.07, 6.45) is 0. The van der Waals surface area contributed by atoms with Gasteiger partial charge in [-0.2, -0.15) is 0 Å². The Bertz CT molecular complexity index is 647. The van der Waals surface area contributed by atoms with Crippen LogP contribution in [0.1, 0.15) is 21.6 Å². The molecule has 7 heteroatoms. The SMILES string of the molecule is Cc1ccc(C(=O)NCc2csc(=O)[nH]2)c(NN)c1. The third-order valence-electron chi connectivity index (χ3n) is 2.59. The first-order valence-corrected chi connectivity index (χ1v) is 6.50. The van der Waals surface area contributed by atoms with Crippen LogP contribution in [0.15, 0.2) is 28.4 Å². The lowest BCUT2D eigenvalue weighted by molar-refractivity contribution is 0.0951. The van der Waals surface area contributed by atoms with Gasteiger partial charge in [-0.15, -0.1) is 0 Å². The Labute approximate surface area is 113 Å². The summed E-state index contributed by atoms with van der Waals surface area (Å²) in [4.78, 5) is 25.5. The zero-order chi connectivity index (χ0) is 13.8. The van der Waals surface area contributed by atoms with Gasteiger partial charge in [0, 0.05) is 11.1 Å². The Kier molecular flexibility index (Phi) is 3.98. The number of nitrogens with one attached hydrogen (secondary N) is 3. The molecule has 19 heavy (non-hydrogen) atoms. The van der Waals surface area contributed by atoms with E-state index in [2.05, 4.69) is 15.7 Å². The van der Waals surface area contributed by atoms with Gasteiger partial charge in [-0.1, -0.05) is 17.4 Å². The van der Waals surface area contributed by atoms with Gasteiger partial charge in [0.2, 0.25) is 0 Å². The standard InChI is InChI=1S/C12H14N4O2S/c1-7-2-3-9(10(4-7)16-13)11(17)14-5-8-6-19-12(18)15-8/h2-4,6,16H,5,13H2,1H3,(H,14,17)(H,15,18). The summed E-state index contributed by atoms with van der Waals surface area (Å²) in [6, 6.07) is 5.33. The van der Waals surface area contributed by atoms with Crippen LogP contribution in [0, 0.1) is 6.92 Å². The van der Waals surface area contributed by atoms with E-state index < -0.39 is 0 Å². The number of carbonyl (C=O) groups is 1. The second-order valence-electron chi connectivity index (χ2n) is 4.05. The van der Waals surface area contributed by atoms with Crippen molar-refractivity contribution < 1.29 is 4.79 Å². The molecule has 0 fully saturated rings. The van der Waals surface area contributed by atoms with Gasteiger partial charge in [-0.25, -0.2) is 0 Å². The summed E-state index contributed by atoms with van der Waals surface area (Å²) in [5, 5.41) is 4.41. The number of hydrazine groups is 1. The molecule has 2 rings (SSSR count). The summed E-state index contributed by atoms with van der Waals surface area (Å²) < 4.78 is 0. The molecule has 1 heterocycles. The molecule has 1 aromatic carbocycles. The highest BCUT2D eigenvalue weighted by Crippen LogP contribution is 2.16. The Morgan fingerprint density at radius 1 is 1.47 bits per heavy atom. The summed E-state index contributed by atoms with van der Waals surface area (Å²) in [5.41, 5.74) is 5.22. The first-order chi connectivity index (χ1) is 9.10. The van der Waals surface area contributed by atoms with Crippen LogP contribution in [0.2, 0.25) is 0 Å². The topological polar surface area (TPSA) is 100 Å². The average Bonchev–Trinajstić information content (AvgIpc) is 2.81. The van der Waals surface area contributed by atoms with E-state index in [1.165, 1.54) is 0 Å². The number of aromatic nitrogens is 1. The van der Waals surface area contributed by atoms with Crippen molar-refractivity contribution in [3.8, 4) is 0 Å². The predicted molar refractivity (Wildman–Crippen MR) is 75.1 cm³/mol. The molecule has 6 nitrogen and oxygen atoms in total. The van der Waals surface area contributed by atoms with Crippen molar-refractivity contribution in [2.75, 3.05) is 5.43 Å². The minimum Gasteiger partial charge on any atom is -0.346 e. The van der Waals surface area contributed by atoms with E-state index in [-0.39, 0.29) is 17.3 Å². The van der Waals surface area contributed by atoms with Gasteiger partial charge < -0.3 is 15.7 Å². The summed E-state index contributed by atoms with van der Waals surface area (Å²) in [7, 11) is 0. The van der Waals surface area contributed by atoms with E-state index in [0.717, 1.165) is 16.9 Å². The van der Waals surface area contributed by atoms with E-state index in [4.69, 9.17) is 5.84 Å². The molecule has 0 bridgehead atoms. The minimum absolute atomic E-state index is 0.135. The second kappa shape index (κ2) is 5.68. The van der Waals surface area contributed by atoms with Crippen LogP contribution in [0.5, 0.6) is 0 Å². The van der Waals surface area contributed by atoms with Crippen LogP contribution in [0.25, 0.3) is 0 Å². The van der Waals surface area contributed by atoms with Crippen molar-refractivity contribution in [1.82, 2.24) is 10.3 Å². The van der Waals surface area contributed by atoms with Crippen LogP contribution in [-0.2, 0) is 6.54 Å². The van der Waals surface area contributed by atoms with Crippen LogP contribution in [0.4, 0.5) is 5.69 Å². The van der Waals surface area contributed by atoms with E-state index in [0.29, 0.717) is 16.9 Å². The molecular weight excluding hydrogens is 264 g/mol. The number of hydrogen-bond acceptors (Lipinski definition) is 5. The zero-order valence-corrected chi connectivity index (χ0v) is 11.1. The summed E-state index contributed by atoms with van der Waals surface area (Å²) >= 11 is 1.07. The number of nitrogens with two attached hydrogens (primary N) is 1. The molecule has 1 amide bonds. The Hall–Kier alpha value is -2.12. The number of H-pyrrole nitrogens is 1. The van der Waals surface area contributed by atoms with Gasteiger partial charge in [-0.3, -0.25) is 15.4 Å². The Morgan fingerprint density at radius 3 is 2.89 bits per heavy atom. The molecule has 1 aromatic heterocycles. The lowest BCUT2D eigenvalue weighted by Crippen LogP contribution is -2.25. The molecule has 0 saturated carbocycles. The number of benzene rings is 1. The van der Waals surface area contributed by atoms with Gasteiger partial charge in [0.15, 0.2) is 0 Å². The zero-order valence-electron chi connectivity index (χ0n) is 10.3. The molecule has 2 aromatic rings. The third kappa shape index (κ3) is 3.21. The van der Waals surface area contributed by atoms with Crippen molar-refractivity contribution in [2.24, 2.45) is 5.84 Å². The molecular formula is C12H14N4O2S. The van der Waals surface area contributed by atoms with E-state index >= 15 is 0 Å². The van der Waals surface area contributed by atoms with Crippen molar-refractivity contribution in [2.45, 2.75) is 13.5 Å². The first-order valence-electron chi connectivity index (χ1n) is 5.62. The number of nitrogen functional groups attached to an aromatic ring is 1. The maximum Gasteiger partial charge on any atom is 0.304 e. The normalized spacial score (nSPS) is 10.2. The van der Waals surface area contributed by atoms with Gasteiger partial charge in [0.05, 0.1) is 17.8 Å². The maximum atomic E-state index is 12.0. The fourth-order valence-electron chi connectivity index (χ4n) is 1.65. The largest absolute Gasteiger partial charge is 0.346 e. The van der Waals surface area contributed by atoms with E-state index in [1.54, 1.807) is 17.5 Å². The average molecular weight is 278 g/mol. The molecule has 0 saturated heterocycles. The molecule has 0 atom stereocenters. The summed E-state index contributed by atoms with van der Waals surface area (Å²) in [5.74, 6) is 5.14.